The van der Waals surface area contributed by atoms with Gasteiger partial charge in [-0.2, -0.15) is 0 Å². The molecule has 0 bridgehead atoms. The summed E-state index contributed by atoms with van der Waals surface area (Å²) in [6.45, 7) is 0.906. The SMILES string of the molecule is CNC(=O)NC(=O)[C@@H](C)OC(=O)COc1ccc(C(=O)c2ccccc2)cc1. The van der Waals surface area contributed by atoms with Crippen LogP contribution in [0, 0.1) is 0 Å². The van der Waals surface area contributed by atoms with E-state index in [0.29, 0.717) is 16.9 Å². The summed E-state index contributed by atoms with van der Waals surface area (Å²) in [4.78, 5) is 46.8. The maximum Gasteiger partial charge on any atom is 0.344 e. The van der Waals surface area contributed by atoms with Crippen LogP contribution in [0.1, 0.15) is 22.8 Å². The van der Waals surface area contributed by atoms with Gasteiger partial charge in [0.25, 0.3) is 5.91 Å². The predicted molar refractivity (Wildman–Crippen MR) is 100.0 cm³/mol. The molecule has 0 fully saturated rings. The standard InChI is InChI=1S/C20H20N2O6/c1-13(19(25)22-20(26)21-2)28-17(23)12-27-16-10-8-15(9-11-16)18(24)14-6-4-3-5-7-14/h3-11,13H,12H2,1-2H3,(H2,21,22,25,26)/t13-/m1/s1. The van der Waals surface area contributed by atoms with Crippen LogP contribution in [-0.4, -0.2) is 43.4 Å². The first kappa shape index (κ1) is 20.6. The van der Waals surface area contributed by atoms with E-state index in [-0.39, 0.29) is 5.78 Å². The van der Waals surface area contributed by atoms with E-state index in [0.717, 1.165) is 0 Å². The number of amides is 3. The Bertz CT molecular complexity index is 849. The maximum atomic E-state index is 12.3. The molecule has 2 rings (SSSR count). The van der Waals surface area contributed by atoms with Crippen molar-refractivity contribution in [1.82, 2.24) is 10.6 Å². The van der Waals surface area contributed by atoms with Crippen molar-refractivity contribution in [2.45, 2.75) is 13.0 Å². The molecule has 0 aliphatic heterocycles. The highest BCUT2D eigenvalue weighted by Gasteiger charge is 2.19. The summed E-state index contributed by atoms with van der Waals surface area (Å²) >= 11 is 0. The highest BCUT2D eigenvalue weighted by molar-refractivity contribution is 6.09. The van der Waals surface area contributed by atoms with Crippen molar-refractivity contribution in [3.8, 4) is 5.75 Å². The molecule has 0 aliphatic carbocycles. The molecule has 0 unspecified atom stereocenters. The minimum Gasteiger partial charge on any atom is -0.482 e. The van der Waals surface area contributed by atoms with Gasteiger partial charge < -0.3 is 14.8 Å². The average Bonchev–Trinajstić information content (AvgIpc) is 2.72. The Morgan fingerprint density at radius 3 is 2.14 bits per heavy atom. The van der Waals surface area contributed by atoms with Gasteiger partial charge in [0.15, 0.2) is 18.5 Å². The first-order valence-corrected chi connectivity index (χ1v) is 8.45. The number of rotatable bonds is 7. The number of ketones is 1. The number of carbonyl (C=O) groups is 4. The second-order valence-corrected chi connectivity index (χ2v) is 5.71. The van der Waals surface area contributed by atoms with Crippen molar-refractivity contribution in [3.63, 3.8) is 0 Å². The third-order valence-corrected chi connectivity index (χ3v) is 3.65. The highest BCUT2D eigenvalue weighted by atomic mass is 16.6. The minimum atomic E-state index is -1.15. The average molecular weight is 384 g/mol. The van der Waals surface area contributed by atoms with Gasteiger partial charge in [-0.3, -0.25) is 14.9 Å². The number of hydrogen-bond acceptors (Lipinski definition) is 6. The fourth-order valence-electron chi connectivity index (χ4n) is 2.16. The fourth-order valence-corrected chi connectivity index (χ4v) is 2.16. The molecule has 0 saturated carbocycles. The summed E-state index contributed by atoms with van der Waals surface area (Å²) in [5.41, 5.74) is 1.06. The van der Waals surface area contributed by atoms with Gasteiger partial charge in [-0.15, -0.1) is 0 Å². The van der Waals surface area contributed by atoms with Crippen LogP contribution in [0.4, 0.5) is 4.79 Å². The number of urea groups is 1. The molecule has 146 valence electrons. The van der Waals surface area contributed by atoms with Crippen molar-refractivity contribution >= 4 is 23.7 Å². The highest BCUT2D eigenvalue weighted by Crippen LogP contribution is 2.15. The van der Waals surface area contributed by atoms with Crippen LogP contribution in [0.2, 0.25) is 0 Å². The van der Waals surface area contributed by atoms with E-state index < -0.39 is 30.6 Å². The second kappa shape index (κ2) is 9.86. The lowest BCUT2D eigenvalue weighted by Crippen LogP contribution is -2.43. The molecule has 8 nitrogen and oxygen atoms in total. The van der Waals surface area contributed by atoms with Gasteiger partial charge in [0.05, 0.1) is 0 Å². The first-order valence-electron chi connectivity index (χ1n) is 8.45. The van der Waals surface area contributed by atoms with E-state index in [2.05, 4.69) is 5.32 Å². The van der Waals surface area contributed by atoms with E-state index in [1.54, 1.807) is 48.5 Å². The van der Waals surface area contributed by atoms with Gasteiger partial charge in [-0.25, -0.2) is 9.59 Å². The second-order valence-electron chi connectivity index (χ2n) is 5.71. The topological polar surface area (TPSA) is 111 Å². The van der Waals surface area contributed by atoms with E-state index >= 15 is 0 Å². The van der Waals surface area contributed by atoms with Crippen molar-refractivity contribution in [3.05, 3.63) is 65.7 Å². The molecule has 0 radical (unpaired) electrons. The van der Waals surface area contributed by atoms with Crippen molar-refractivity contribution in [2.24, 2.45) is 0 Å². The number of nitrogens with one attached hydrogen (secondary N) is 2. The Hall–Kier alpha value is -3.68. The molecule has 2 N–H and O–H groups in total. The summed E-state index contributed by atoms with van der Waals surface area (Å²) in [5, 5.41) is 4.21. The molecule has 0 spiro atoms. The lowest BCUT2D eigenvalue weighted by atomic mass is 10.0. The normalized spacial score (nSPS) is 11.1. The molecule has 2 aromatic carbocycles. The Morgan fingerprint density at radius 1 is 0.929 bits per heavy atom. The molecule has 0 heterocycles. The number of benzene rings is 2. The maximum absolute atomic E-state index is 12.3. The molecule has 2 aromatic rings. The van der Waals surface area contributed by atoms with Gasteiger partial charge in [-0.1, -0.05) is 30.3 Å². The summed E-state index contributed by atoms with van der Waals surface area (Å²) in [7, 11) is 1.35. The zero-order valence-electron chi connectivity index (χ0n) is 15.4. The smallest absolute Gasteiger partial charge is 0.344 e. The number of esters is 1. The zero-order valence-corrected chi connectivity index (χ0v) is 15.4. The lowest BCUT2D eigenvalue weighted by Gasteiger charge is -2.13. The molecular formula is C20H20N2O6. The molecule has 8 heteroatoms. The van der Waals surface area contributed by atoms with Crippen molar-refractivity contribution < 1.29 is 28.7 Å². The number of hydrogen-bond donors (Lipinski definition) is 2. The fraction of sp³-hybridized carbons (Fsp3) is 0.200. The molecule has 0 aromatic heterocycles. The monoisotopic (exact) mass is 384 g/mol. The molecule has 3 amide bonds. The molecule has 0 aliphatic rings. The van der Waals surface area contributed by atoms with Crippen LogP contribution in [-0.2, 0) is 14.3 Å². The van der Waals surface area contributed by atoms with Gasteiger partial charge >= 0.3 is 12.0 Å². The van der Waals surface area contributed by atoms with E-state index in [1.807, 2.05) is 11.4 Å². The van der Waals surface area contributed by atoms with Crippen LogP contribution in [0.25, 0.3) is 0 Å². The molecular weight excluding hydrogens is 364 g/mol. The van der Waals surface area contributed by atoms with Crippen LogP contribution < -0.4 is 15.4 Å². The van der Waals surface area contributed by atoms with E-state index in [1.165, 1.54) is 14.0 Å². The van der Waals surface area contributed by atoms with Crippen LogP contribution in [0.15, 0.2) is 54.6 Å². The molecule has 1 atom stereocenters. The zero-order chi connectivity index (χ0) is 20.5. The van der Waals surface area contributed by atoms with Crippen LogP contribution >= 0.6 is 0 Å². The van der Waals surface area contributed by atoms with E-state index in [4.69, 9.17) is 9.47 Å². The largest absolute Gasteiger partial charge is 0.482 e. The predicted octanol–water partition coefficient (Wildman–Crippen LogP) is 1.68. The van der Waals surface area contributed by atoms with Gasteiger partial charge in [0.2, 0.25) is 0 Å². The van der Waals surface area contributed by atoms with Gasteiger partial charge in [0.1, 0.15) is 5.75 Å². The Kier molecular flexibility index (Phi) is 7.27. The molecule has 28 heavy (non-hydrogen) atoms. The number of carbonyl (C=O) groups excluding carboxylic acids is 4. The van der Waals surface area contributed by atoms with E-state index in [9.17, 15) is 19.2 Å². The molecule has 0 saturated heterocycles. The van der Waals surface area contributed by atoms with Crippen LogP contribution in [0.5, 0.6) is 5.75 Å². The first-order chi connectivity index (χ1) is 13.4. The van der Waals surface area contributed by atoms with Gasteiger partial charge in [-0.05, 0) is 31.2 Å². The Balaban J connectivity index is 1.84. The summed E-state index contributed by atoms with van der Waals surface area (Å²) in [6.07, 6.45) is -1.15. The third kappa shape index (κ3) is 5.94. The van der Waals surface area contributed by atoms with Gasteiger partial charge in [0, 0.05) is 18.2 Å². The lowest BCUT2D eigenvalue weighted by molar-refractivity contribution is -0.156. The van der Waals surface area contributed by atoms with Crippen molar-refractivity contribution in [2.75, 3.05) is 13.7 Å². The summed E-state index contributed by atoms with van der Waals surface area (Å²) in [5.74, 6) is -1.29. The number of ether oxygens (including phenoxy) is 2. The van der Waals surface area contributed by atoms with Crippen molar-refractivity contribution in [1.29, 1.82) is 0 Å². The Morgan fingerprint density at radius 2 is 1.54 bits per heavy atom. The third-order valence-electron chi connectivity index (χ3n) is 3.65. The summed E-state index contributed by atoms with van der Waals surface area (Å²) in [6, 6.07) is 14.5. The quantitative estimate of drug-likeness (QED) is 0.555. The Labute approximate surface area is 161 Å². The number of imide groups is 1. The van der Waals surface area contributed by atoms with Crippen LogP contribution in [0.3, 0.4) is 0 Å². The minimum absolute atomic E-state index is 0.123. The summed E-state index contributed by atoms with van der Waals surface area (Å²) < 4.78 is 10.2.